The van der Waals surface area contributed by atoms with Crippen LogP contribution in [0.3, 0.4) is 0 Å². The first-order valence-electron chi connectivity index (χ1n) is 11.0. The minimum atomic E-state index is -1.38. The Bertz CT molecular complexity index is 797. The first-order chi connectivity index (χ1) is 13.3. The normalized spacial score (nSPS) is 50.3. The van der Waals surface area contributed by atoms with Crippen LogP contribution in [0.25, 0.3) is 5.57 Å². The van der Waals surface area contributed by atoms with Crippen LogP contribution in [0.1, 0.15) is 64.4 Å². The van der Waals surface area contributed by atoms with Gasteiger partial charge in [-0.3, -0.25) is 4.98 Å². The van der Waals surface area contributed by atoms with Crippen LogP contribution in [0, 0.1) is 28.6 Å². The quantitative estimate of drug-likeness (QED) is 0.746. The van der Waals surface area contributed by atoms with Crippen molar-refractivity contribution >= 4 is 5.57 Å². The van der Waals surface area contributed by atoms with Crippen molar-refractivity contribution in [3.63, 3.8) is 0 Å². The van der Waals surface area contributed by atoms with Gasteiger partial charge in [0.15, 0.2) is 0 Å². The van der Waals surface area contributed by atoms with Gasteiger partial charge in [-0.2, -0.15) is 0 Å². The maximum Gasteiger partial charge on any atom is 0.130 e. The van der Waals surface area contributed by atoms with Crippen molar-refractivity contribution in [2.45, 2.75) is 76.7 Å². The third-order valence-corrected chi connectivity index (χ3v) is 9.34. The predicted octanol–water partition coefficient (Wildman–Crippen LogP) is 4.54. The topological polar surface area (TPSA) is 53.4 Å². The summed E-state index contributed by atoms with van der Waals surface area (Å²) in [6.45, 7) is 4.47. The van der Waals surface area contributed by atoms with Gasteiger partial charge in [-0.25, -0.2) is 4.39 Å². The van der Waals surface area contributed by atoms with Gasteiger partial charge in [0.1, 0.15) is 11.8 Å². The lowest BCUT2D eigenvalue weighted by Gasteiger charge is -2.64. The maximum atomic E-state index is 15.5. The number of aliphatic hydroxyl groups is 2. The molecule has 0 radical (unpaired) electrons. The minimum Gasteiger partial charge on any atom is -0.393 e. The van der Waals surface area contributed by atoms with Crippen molar-refractivity contribution in [2.75, 3.05) is 0 Å². The number of alkyl halides is 1. The fourth-order valence-corrected chi connectivity index (χ4v) is 7.75. The molecule has 1 aromatic heterocycles. The average Bonchev–Trinajstić information content (AvgIpc) is 3.03. The molecular weight excluding hydrogens is 353 g/mol. The molecule has 152 valence electrons. The Balaban J connectivity index is 1.49. The molecule has 3 nitrogen and oxygen atoms in total. The Morgan fingerprint density at radius 2 is 2.00 bits per heavy atom. The first-order valence-corrected chi connectivity index (χ1v) is 11.0. The standard InChI is InChI=1S/C24H32FNO2/c1-22-9-8-20-17(19(22)6-5-18(22)15-4-3-11-26-14-15)12-21(25)24(28)13-16(27)7-10-23(20,24)2/h3-5,11,14,16-17,19-21,27-28H,6-10,12-13H2,1-2H3/t16-,17?,19?,20?,21?,22+,23+,24+/m0/s1. The van der Waals surface area contributed by atoms with Crippen molar-refractivity contribution in [3.05, 3.63) is 36.2 Å². The predicted molar refractivity (Wildman–Crippen MR) is 107 cm³/mol. The highest BCUT2D eigenvalue weighted by Crippen LogP contribution is 2.68. The third-order valence-electron chi connectivity index (χ3n) is 9.34. The zero-order chi connectivity index (χ0) is 19.7. The van der Waals surface area contributed by atoms with Gasteiger partial charge in [0.05, 0.1) is 6.10 Å². The first kappa shape index (κ1) is 18.7. The van der Waals surface area contributed by atoms with Gasteiger partial charge >= 0.3 is 0 Å². The Kier molecular flexibility index (Phi) is 4.10. The molecule has 0 amide bonds. The van der Waals surface area contributed by atoms with Gasteiger partial charge in [-0.05, 0) is 78.9 Å². The molecule has 2 N–H and O–H groups in total. The van der Waals surface area contributed by atoms with E-state index in [0.717, 1.165) is 25.7 Å². The summed E-state index contributed by atoms with van der Waals surface area (Å²) in [7, 11) is 0. The Morgan fingerprint density at radius 3 is 2.75 bits per heavy atom. The summed E-state index contributed by atoms with van der Waals surface area (Å²) in [5.41, 5.74) is 0.820. The molecule has 8 atom stereocenters. The maximum absolute atomic E-state index is 15.5. The van der Waals surface area contributed by atoms with Crippen LogP contribution in [0.15, 0.2) is 30.6 Å². The summed E-state index contributed by atoms with van der Waals surface area (Å²) in [4.78, 5) is 4.32. The summed E-state index contributed by atoms with van der Waals surface area (Å²) < 4.78 is 15.5. The van der Waals surface area contributed by atoms with E-state index in [1.165, 1.54) is 11.1 Å². The molecule has 0 aromatic carbocycles. The van der Waals surface area contributed by atoms with E-state index in [1.54, 1.807) is 0 Å². The molecule has 0 aliphatic heterocycles. The molecule has 3 saturated carbocycles. The summed E-state index contributed by atoms with van der Waals surface area (Å²) in [5, 5.41) is 21.6. The van der Waals surface area contributed by atoms with Gasteiger partial charge in [0, 0.05) is 24.2 Å². The summed E-state index contributed by atoms with van der Waals surface area (Å²) in [6.07, 6.45) is 9.40. The van der Waals surface area contributed by atoms with E-state index in [2.05, 4.69) is 31.0 Å². The molecule has 4 aliphatic rings. The second-order valence-electron chi connectivity index (χ2n) is 10.4. The summed E-state index contributed by atoms with van der Waals surface area (Å²) in [6, 6.07) is 4.13. The largest absolute Gasteiger partial charge is 0.393 e. The van der Waals surface area contributed by atoms with Crippen molar-refractivity contribution in [3.8, 4) is 0 Å². The third kappa shape index (κ3) is 2.31. The zero-order valence-corrected chi connectivity index (χ0v) is 16.9. The number of halogens is 1. The Morgan fingerprint density at radius 1 is 1.18 bits per heavy atom. The fraction of sp³-hybridized carbons (Fsp3) is 0.708. The molecule has 3 fully saturated rings. The van der Waals surface area contributed by atoms with Crippen LogP contribution in [0.2, 0.25) is 0 Å². The number of aromatic nitrogens is 1. The second kappa shape index (κ2) is 6.12. The van der Waals surface area contributed by atoms with E-state index in [1.807, 2.05) is 18.5 Å². The fourth-order valence-electron chi connectivity index (χ4n) is 7.75. The lowest BCUT2D eigenvalue weighted by Crippen LogP contribution is -2.67. The number of hydrogen-bond acceptors (Lipinski definition) is 3. The molecule has 1 heterocycles. The van der Waals surface area contributed by atoms with Crippen LogP contribution >= 0.6 is 0 Å². The molecule has 0 saturated heterocycles. The van der Waals surface area contributed by atoms with E-state index >= 15 is 4.39 Å². The Hall–Kier alpha value is -1.26. The van der Waals surface area contributed by atoms with Crippen LogP contribution in [-0.4, -0.2) is 33.1 Å². The number of fused-ring (bicyclic) bond motifs is 5. The summed E-state index contributed by atoms with van der Waals surface area (Å²) in [5.74, 6) is 1.05. The van der Waals surface area contributed by atoms with Crippen LogP contribution < -0.4 is 0 Å². The lowest BCUT2D eigenvalue weighted by atomic mass is 9.42. The van der Waals surface area contributed by atoms with Gasteiger partial charge in [-0.1, -0.05) is 26.0 Å². The van der Waals surface area contributed by atoms with Crippen molar-refractivity contribution < 1.29 is 14.6 Å². The Labute approximate surface area is 167 Å². The van der Waals surface area contributed by atoms with Crippen LogP contribution in [0.5, 0.6) is 0 Å². The number of hydrogen-bond donors (Lipinski definition) is 2. The molecule has 4 aliphatic carbocycles. The number of allylic oxidation sites excluding steroid dienone is 2. The molecule has 4 unspecified atom stereocenters. The zero-order valence-electron chi connectivity index (χ0n) is 16.9. The van der Waals surface area contributed by atoms with E-state index in [-0.39, 0.29) is 11.8 Å². The van der Waals surface area contributed by atoms with Gasteiger partial charge in [-0.15, -0.1) is 0 Å². The summed E-state index contributed by atoms with van der Waals surface area (Å²) >= 11 is 0. The SMILES string of the molecule is C[C@]12CCC3C(CC(F)[C@]4(O)C[C@@H](O)CC[C@]34C)C1CC=C2c1cccnc1. The molecule has 0 spiro atoms. The highest BCUT2D eigenvalue weighted by atomic mass is 19.1. The van der Waals surface area contributed by atoms with Gasteiger partial charge in [0.2, 0.25) is 0 Å². The molecule has 1 aromatic rings. The van der Waals surface area contributed by atoms with Crippen LogP contribution in [-0.2, 0) is 0 Å². The van der Waals surface area contributed by atoms with E-state index in [9.17, 15) is 10.2 Å². The second-order valence-corrected chi connectivity index (χ2v) is 10.4. The van der Waals surface area contributed by atoms with Crippen molar-refractivity contribution in [1.29, 1.82) is 0 Å². The highest BCUT2D eigenvalue weighted by molar-refractivity contribution is 5.72. The van der Waals surface area contributed by atoms with Crippen molar-refractivity contribution in [2.24, 2.45) is 28.6 Å². The van der Waals surface area contributed by atoms with E-state index < -0.39 is 23.3 Å². The van der Waals surface area contributed by atoms with Crippen LogP contribution in [0.4, 0.5) is 4.39 Å². The molecule has 5 rings (SSSR count). The molecular formula is C24H32FNO2. The molecule has 28 heavy (non-hydrogen) atoms. The number of pyridine rings is 1. The van der Waals surface area contributed by atoms with Gasteiger partial charge < -0.3 is 10.2 Å². The highest BCUT2D eigenvalue weighted by Gasteiger charge is 2.67. The lowest BCUT2D eigenvalue weighted by molar-refractivity contribution is -0.246. The van der Waals surface area contributed by atoms with E-state index in [4.69, 9.17) is 0 Å². The number of nitrogens with zero attached hydrogens (tertiary/aromatic N) is 1. The van der Waals surface area contributed by atoms with E-state index in [0.29, 0.717) is 30.6 Å². The minimum absolute atomic E-state index is 0.0594. The van der Waals surface area contributed by atoms with Crippen molar-refractivity contribution in [1.82, 2.24) is 4.98 Å². The number of aliphatic hydroxyl groups excluding tert-OH is 1. The smallest absolute Gasteiger partial charge is 0.130 e. The average molecular weight is 386 g/mol. The molecule has 4 heteroatoms. The van der Waals surface area contributed by atoms with Gasteiger partial charge in [0.25, 0.3) is 0 Å². The molecule has 0 bridgehead atoms. The number of rotatable bonds is 1. The monoisotopic (exact) mass is 385 g/mol.